The second-order valence-electron chi connectivity index (χ2n) is 5.68. The molecule has 1 amide bonds. The summed E-state index contributed by atoms with van der Waals surface area (Å²) in [5.74, 6) is 0.172. The Morgan fingerprint density at radius 3 is 2.38 bits per heavy atom. The molecule has 0 aliphatic rings. The maximum Gasteiger partial charge on any atom is 0.280 e. The Bertz CT molecular complexity index is 961. The number of hydrogen-bond acceptors (Lipinski definition) is 4. The average molecular weight is 349 g/mol. The molecule has 1 heterocycles. The first-order chi connectivity index (χ1) is 12.6. The number of nitrogens with zero attached hydrogens (tertiary/aromatic N) is 2. The fourth-order valence-corrected chi connectivity index (χ4v) is 2.46. The predicted octanol–water partition coefficient (Wildman–Crippen LogP) is 3.06. The number of carbonyl (C=O) groups is 1. The number of aromatic nitrogens is 2. The van der Waals surface area contributed by atoms with Gasteiger partial charge >= 0.3 is 0 Å². The molecule has 0 radical (unpaired) electrons. The molecule has 3 rings (SSSR count). The highest BCUT2D eigenvalue weighted by Gasteiger charge is 2.14. The molecule has 0 bridgehead atoms. The Labute approximate surface area is 151 Å². The van der Waals surface area contributed by atoms with E-state index in [0.29, 0.717) is 17.1 Å². The molecular formula is C20H19N3O3. The van der Waals surface area contributed by atoms with Gasteiger partial charge in [0.2, 0.25) is 5.43 Å². The monoisotopic (exact) mass is 349 g/mol. The first-order valence-electron chi connectivity index (χ1n) is 8.25. The molecular weight excluding hydrogens is 330 g/mol. The van der Waals surface area contributed by atoms with Crippen LogP contribution in [0, 0.1) is 0 Å². The van der Waals surface area contributed by atoms with Gasteiger partial charge < -0.3 is 10.1 Å². The highest BCUT2D eigenvalue weighted by molar-refractivity contribution is 6.02. The lowest BCUT2D eigenvalue weighted by Crippen LogP contribution is -2.25. The summed E-state index contributed by atoms with van der Waals surface area (Å²) in [6.45, 7) is 2.06. The Morgan fingerprint density at radius 1 is 1.08 bits per heavy atom. The smallest absolute Gasteiger partial charge is 0.280 e. The molecule has 0 spiro atoms. The van der Waals surface area contributed by atoms with Crippen LogP contribution in [-0.4, -0.2) is 22.8 Å². The second kappa shape index (κ2) is 7.65. The van der Waals surface area contributed by atoms with Crippen LogP contribution in [0.2, 0.25) is 0 Å². The summed E-state index contributed by atoms with van der Waals surface area (Å²) in [5.41, 5.74) is 1.91. The third-order valence-corrected chi connectivity index (χ3v) is 3.98. The summed E-state index contributed by atoms with van der Waals surface area (Å²) < 4.78 is 6.61. The zero-order valence-electron chi connectivity index (χ0n) is 14.6. The highest BCUT2D eigenvalue weighted by atomic mass is 16.5. The van der Waals surface area contributed by atoms with Gasteiger partial charge in [0.05, 0.1) is 12.8 Å². The van der Waals surface area contributed by atoms with Gasteiger partial charge in [-0.2, -0.15) is 5.10 Å². The average Bonchev–Trinajstić information content (AvgIpc) is 2.69. The van der Waals surface area contributed by atoms with E-state index in [9.17, 15) is 9.59 Å². The molecule has 0 atom stereocenters. The van der Waals surface area contributed by atoms with Gasteiger partial charge in [0.15, 0.2) is 5.69 Å². The van der Waals surface area contributed by atoms with Gasteiger partial charge in [0.1, 0.15) is 5.75 Å². The molecule has 0 unspecified atom stereocenters. The van der Waals surface area contributed by atoms with Crippen LogP contribution in [0.1, 0.15) is 23.0 Å². The molecule has 0 aliphatic heterocycles. The van der Waals surface area contributed by atoms with Gasteiger partial charge in [-0.25, -0.2) is 4.68 Å². The van der Waals surface area contributed by atoms with E-state index >= 15 is 0 Å². The largest absolute Gasteiger partial charge is 0.497 e. The second-order valence-corrected chi connectivity index (χ2v) is 5.68. The van der Waals surface area contributed by atoms with Crippen molar-refractivity contribution in [3.8, 4) is 11.4 Å². The topological polar surface area (TPSA) is 73.2 Å². The Balaban J connectivity index is 1.86. The van der Waals surface area contributed by atoms with Crippen molar-refractivity contribution in [3.05, 3.63) is 82.3 Å². The molecule has 1 N–H and O–H groups in total. The fraction of sp³-hybridized carbons (Fsp3) is 0.150. The van der Waals surface area contributed by atoms with Crippen molar-refractivity contribution < 1.29 is 9.53 Å². The number of aryl methyl sites for hydroxylation is 1. The predicted molar refractivity (Wildman–Crippen MR) is 100 cm³/mol. The quantitative estimate of drug-likeness (QED) is 0.768. The summed E-state index contributed by atoms with van der Waals surface area (Å²) in [7, 11) is 1.59. The standard InChI is InChI=1S/C20H19N3O3/c1-3-14-4-6-15(7-5-14)21-20(25)19-18(24)12-13-23(22-19)16-8-10-17(26-2)11-9-16/h4-13H,3H2,1-2H3,(H,21,25). The van der Waals surface area contributed by atoms with Crippen molar-refractivity contribution in [2.75, 3.05) is 12.4 Å². The van der Waals surface area contributed by atoms with E-state index in [-0.39, 0.29) is 5.69 Å². The lowest BCUT2D eigenvalue weighted by molar-refractivity contribution is 0.101. The number of amides is 1. The third-order valence-electron chi connectivity index (χ3n) is 3.98. The molecule has 26 heavy (non-hydrogen) atoms. The van der Waals surface area contributed by atoms with Crippen molar-refractivity contribution in [1.29, 1.82) is 0 Å². The van der Waals surface area contributed by atoms with E-state index in [0.717, 1.165) is 6.42 Å². The van der Waals surface area contributed by atoms with Gasteiger partial charge in [0, 0.05) is 18.0 Å². The molecule has 1 aromatic heterocycles. The Kier molecular flexibility index (Phi) is 5.12. The van der Waals surface area contributed by atoms with E-state index in [1.54, 1.807) is 31.4 Å². The molecule has 2 aromatic carbocycles. The normalized spacial score (nSPS) is 10.4. The minimum Gasteiger partial charge on any atom is -0.497 e. The van der Waals surface area contributed by atoms with E-state index in [1.165, 1.54) is 22.5 Å². The van der Waals surface area contributed by atoms with Crippen LogP contribution < -0.4 is 15.5 Å². The molecule has 6 heteroatoms. The van der Waals surface area contributed by atoms with Gasteiger partial charge in [-0.05, 0) is 48.4 Å². The highest BCUT2D eigenvalue weighted by Crippen LogP contribution is 2.14. The molecule has 3 aromatic rings. The number of rotatable bonds is 5. The number of benzene rings is 2. The molecule has 6 nitrogen and oxygen atoms in total. The van der Waals surface area contributed by atoms with Crippen molar-refractivity contribution in [2.45, 2.75) is 13.3 Å². The lowest BCUT2D eigenvalue weighted by Gasteiger charge is -2.09. The van der Waals surface area contributed by atoms with Crippen molar-refractivity contribution in [1.82, 2.24) is 9.78 Å². The third kappa shape index (κ3) is 3.80. The number of ether oxygens (including phenoxy) is 1. The lowest BCUT2D eigenvalue weighted by atomic mass is 10.1. The maximum absolute atomic E-state index is 12.5. The van der Waals surface area contributed by atoms with Crippen LogP contribution in [0.25, 0.3) is 5.69 Å². The van der Waals surface area contributed by atoms with Gasteiger partial charge in [-0.1, -0.05) is 19.1 Å². The van der Waals surface area contributed by atoms with Crippen molar-refractivity contribution in [2.24, 2.45) is 0 Å². The van der Waals surface area contributed by atoms with Gasteiger partial charge in [-0.3, -0.25) is 9.59 Å². The SMILES string of the molecule is CCc1ccc(NC(=O)c2nn(-c3ccc(OC)cc3)ccc2=O)cc1. The molecule has 0 saturated heterocycles. The molecule has 0 saturated carbocycles. The Morgan fingerprint density at radius 2 is 1.77 bits per heavy atom. The minimum absolute atomic E-state index is 0.164. The van der Waals surface area contributed by atoms with Crippen LogP contribution in [0.3, 0.4) is 0 Å². The van der Waals surface area contributed by atoms with E-state index in [1.807, 2.05) is 24.3 Å². The first kappa shape index (κ1) is 17.4. The number of carbonyl (C=O) groups excluding carboxylic acids is 1. The van der Waals surface area contributed by atoms with Gasteiger partial charge in [-0.15, -0.1) is 0 Å². The molecule has 132 valence electrons. The summed E-state index contributed by atoms with van der Waals surface area (Å²) in [5, 5.41) is 6.89. The van der Waals surface area contributed by atoms with Crippen LogP contribution in [0.15, 0.2) is 65.6 Å². The zero-order valence-corrected chi connectivity index (χ0v) is 14.6. The van der Waals surface area contributed by atoms with Crippen LogP contribution in [-0.2, 0) is 6.42 Å². The van der Waals surface area contributed by atoms with Crippen molar-refractivity contribution in [3.63, 3.8) is 0 Å². The van der Waals surface area contributed by atoms with E-state index in [2.05, 4.69) is 17.3 Å². The molecule has 0 aliphatic carbocycles. The van der Waals surface area contributed by atoms with Crippen molar-refractivity contribution >= 4 is 11.6 Å². The fourth-order valence-electron chi connectivity index (χ4n) is 2.46. The van der Waals surface area contributed by atoms with E-state index in [4.69, 9.17) is 4.74 Å². The van der Waals surface area contributed by atoms with Gasteiger partial charge in [0.25, 0.3) is 5.91 Å². The summed E-state index contributed by atoms with van der Waals surface area (Å²) >= 11 is 0. The first-order valence-corrected chi connectivity index (χ1v) is 8.25. The Hall–Kier alpha value is -3.41. The minimum atomic E-state index is -0.540. The van der Waals surface area contributed by atoms with Crippen LogP contribution in [0.4, 0.5) is 5.69 Å². The molecule has 0 fully saturated rings. The number of hydrogen-bond donors (Lipinski definition) is 1. The number of anilines is 1. The number of nitrogens with one attached hydrogen (secondary N) is 1. The maximum atomic E-state index is 12.5. The summed E-state index contributed by atoms with van der Waals surface area (Å²) in [4.78, 5) is 24.5. The van der Waals surface area contributed by atoms with Crippen LogP contribution in [0.5, 0.6) is 5.75 Å². The summed E-state index contributed by atoms with van der Waals surface area (Å²) in [6.07, 6.45) is 2.44. The zero-order chi connectivity index (χ0) is 18.5. The summed E-state index contributed by atoms with van der Waals surface area (Å²) in [6, 6.07) is 16.0. The van der Waals surface area contributed by atoms with Crippen LogP contribution >= 0.6 is 0 Å². The number of methoxy groups -OCH3 is 1. The van der Waals surface area contributed by atoms with E-state index < -0.39 is 11.3 Å².